The Labute approximate surface area is 108 Å². The van der Waals surface area contributed by atoms with Gasteiger partial charge in [0, 0.05) is 19.3 Å². The van der Waals surface area contributed by atoms with Crippen LogP contribution in [0.25, 0.3) is 0 Å². The molecule has 0 spiro atoms. The Morgan fingerprint density at radius 3 is 2.78 bits per heavy atom. The normalized spacial score (nSPS) is 9.67. The van der Waals surface area contributed by atoms with Crippen LogP contribution in [0.4, 0.5) is 5.69 Å². The Kier molecular flexibility index (Phi) is 5.19. The number of likely N-dealkylation sites (N-methyl/N-ethyl adjacent to an activating group) is 1. The standard InChI is InChI=1S/C14H19N3O/c1-4-7-16-14(18)10-17(3)13-6-5-12(9-15)11(2)8-13/h5-6,8H,4,7,10H2,1-3H3,(H,16,18). The fourth-order valence-corrected chi connectivity index (χ4v) is 1.64. The van der Waals surface area contributed by atoms with Crippen molar-refractivity contribution >= 4 is 11.6 Å². The van der Waals surface area contributed by atoms with Crippen molar-refractivity contribution < 1.29 is 4.79 Å². The number of amides is 1. The highest BCUT2D eigenvalue weighted by molar-refractivity contribution is 5.81. The van der Waals surface area contributed by atoms with E-state index in [4.69, 9.17) is 5.26 Å². The quantitative estimate of drug-likeness (QED) is 0.861. The first-order valence-electron chi connectivity index (χ1n) is 6.07. The summed E-state index contributed by atoms with van der Waals surface area (Å²) in [5.74, 6) is 0.0152. The maximum absolute atomic E-state index is 11.6. The smallest absolute Gasteiger partial charge is 0.239 e. The average Bonchev–Trinajstić information content (AvgIpc) is 2.36. The van der Waals surface area contributed by atoms with Crippen LogP contribution in [-0.2, 0) is 4.79 Å². The summed E-state index contributed by atoms with van der Waals surface area (Å²) in [7, 11) is 1.87. The second-order valence-corrected chi connectivity index (χ2v) is 4.32. The van der Waals surface area contributed by atoms with Crippen LogP contribution in [0.5, 0.6) is 0 Å². The van der Waals surface area contributed by atoms with Gasteiger partial charge in [0.25, 0.3) is 0 Å². The number of hydrogen-bond donors (Lipinski definition) is 1. The molecule has 4 nitrogen and oxygen atoms in total. The van der Waals surface area contributed by atoms with Gasteiger partial charge >= 0.3 is 0 Å². The fourth-order valence-electron chi connectivity index (χ4n) is 1.64. The number of nitrogens with one attached hydrogen (secondary N) is 1. The molecule has 0 atom stereocenters. The first kappa shape index (κ1) is 14.0. The summed E-state index contributed by atoms with van der Waals surface area (Å²) < 4.78 is 0. The van der Waals surface area contributed by atoms with E-state index in [0.717, 1.165) is 17.7 Å². The van der Waals surface area contributed by atoms with Crippen LogP contribution < -0.4 is 10.2 Å². The van der Waals surface area contributed by atoms with Crippen LogP contribution in [-0.4, -0.2) is 26.0 Å². The van der Waals surface area contributed by atoms with Gasteiger partial charge in [0.1, 0.15) is 0 Å². The molecule has 0 unspecified atom stereocenters. The number of carbonyl (C=O) groups excluding carboxylic acids is 1. The molecule has 0 aliphatic heterocycles. The molecule has 0 bridgehead atoms. The lowest BCUT2D eigenvalue weighted by molar-refractivity contribution is -0.119. The highest BCUT2D eigenvalue weighted by atomic mass is 16.2. The minimum Gasteiger partial charge on any atom is -0.365 e. The molecule has 0 fully saturated rings. The number of nitriles is 1. The lowest BCUT2D eigenvalue weighted by atomic mass is 10.1. The van der Waals surface area contributed by atoms with E-state index < -0.39 is 0 Å². The number of anilines is 1. The number of rotatable bonds is 5. The van der Waals surface area contributed by atoms with Gasteiger partial charge in [0.2, 0.25) is 5.91 Å². The van der Waals surface area contributed by atoms with Gasteiger partial charge in [-0.25, -0.2) is 0 Å². The molecule has 1 amide bonds. The van der Waals surface area contributed by atoms with Crippen molar-refractivity contribution in [2.75, 3.05) is 25.0 Å². The lowest BCUT2D eigenvalue weighted by Gasteiger charge is -2.19. The maximum atomic E-state index is 11.6. The number of benzene rings is 1. The number of nitrogens with zero attached hydrogens (tertiary/aromatic N) is 2. The third-order valence-electron chi connectivity index (χ3n) is 2.72. The van der Waals surface area contributed by atoms with Crippen LogP contribution >= 0.6 is 0 Å². The second kappa shape index (κ2) is 6.65. The average molecular weight is 245 g/mol. The molecule has 1 aromatic carbocycles. The zero-order chi connectivity index (χ0) is 13.5. The minimum absolute atomic E-state index is 0.0152. The molecule has 4 heteroatoms. The van der Waals surface area contributed by atoms with Crippen LogP contribution in [0.3, 0.4) is 0 Å². The summed E-state index contributed by atoms with van der Waals surface area (Å²) in [6.45, 7) is 4.95. The van der Waals surface area contributed by atoms with Crippen molar-refractivity contribution in [1.82, 2.24) is 5.32 Å². The molecule has 0 radical (unpaired) electrons. The molecular weight excluding hydrogens is 226 g/mol. The van der Waals surface area contributed by atoms with Crippen LogP contribution in [0, 0.1) is 18.3 Å². The topological polar surface area (TPSA) is 56.1 Å². The summed E-state index contributed by atoms with van der Waals surface area (Å²) in [4.78, 5) is 13.5. The van der Waals surface area contributed by atoms with Crippen LogP contribution in [0.1, 0.15) is 24.5 Å². The molecule has 18 heavy (non-hydrogen) atoms. The fraction of sp³-hybridized carbons (Fsp3) is 0.429. The molecule has 1 aromatic rings. The van der Waals surface area contributed by atoms with Gasteiger partial charge in [0.15, 0.2) is 0 Å². The predicted molar refractivity (Wildman–Crippen MR) is 72.5 cm³/mol. The van der Waals surface area contributed by atoms with Crippen molar-refractivity contribution in [2.45, 2.75) is 20.3 Å². The summed E-state index contributed by atoms with van der Waals surface area (Å²) in [5, 5.41) is 11.7. The third-order valence-corrected chi connectivity index (χ3v) is 2.72. The predicted octanol–water partition coefficient (Wildman–Crippen LogP) is 1.83. The van der Waals surface area contributed by atoms with Gasteiger partial charge in [-0.15, -0.1) is 0 Å². The SMILES string of the molecule is CCCNC(=O)CN(C)c1ccc(C#N)c(C)c1. The first-order valence-corrected chi connectivity index (χ1v) is 6.07. The van der Waals surface area contributed by atoms with E-state index in [-0.39, 0.29) is 5.91 Å². The molecule has 0 saturated heterocycles. The van der Waals surface area contributed by atoms with Gasteiger partial charge in [-0.3, -0.25) is 4.79 Å². The Morgan fingerprint density at radius 2 is 2.22 bits per heavy atom. The molecule has 0 aliphatic carbocycles. The lowest BCUT2D eigenvalue weighted by Crippen LogP contribution is -2.35. The number of carbonyl (C=O) groups is 1. The molecule has 0 aliphatic rings. The van der Waals surface area contributed by atoms with Crippen molar-refractivity contribution in [1.29, 1.82) is 5.26 Å². The Morgan fingerprint density at radius 1 is 1.50 bits per heavy atom. The third kappa shape index (κ3) is 3.77. The molecular formula is C14H19N3O. The van der Waals surface area contributed by atoms with Crippen LogP contribution in [0.15, 0.2) is 18.2 Å². The second-order valence-electron chi connectivity index (χ2n) is 4.32. The largest absolute Gasteiger partial charge is 0.365 e. The highest BCUT2D eigenvalue weighted by Crippen LogP contribution is 2.17. The van der Waals surface area contributed by atoms with E-state index in [9.17, 15) is 4.79 Å². The first-order chi connectivity index (χ1) is 8.58. The molecule has 0 heterocycles. The zero-order valence-electron chi connectivity index (χ0n) is 11.2. The zero-order valence-corrected chi connectivity index (χ0v) is 11.2. The summed E-state index contributed by atoms with van der Waals surface area (Å²) in [6.07, 6.45) is 0.936. The van der Waals surface area contributed by atoms with E-state index in [1.54, 1.807) is 6.07 Å². The maximum Gasteiger partial charge on any atom is 0.239 e. The summed E-state index contributed by atoms with van der Waals surface area (Å²) >= 11 is 0. The van der Waals surface area contributed by atoms with Gasteiger partial charge in [-0.2, -0.15) is 5.26 Å². The Balaban J connectivity index is 2.67. The number of aryl methyl sites for hydroxylation is 1. The van der Waals surface area contributed by atoms with E-state index in [1.165, 1.54) is 0 Å². The summed E-state index contributed by atoms with van der Waals surface area (Å²) in [6, 6.07) is 7.70. The molecule has 0 saturated carbocycles. The van der Waals surface area contributed by atoms with Gasteiger partial charge in [-0.05, 0) is 37.1 Å². The van der Waals surface area contributed by atoms with E-state index in [0.29, 0.717) is 18.7 Å². The van der Waals surface area contributed by atoms with Crippen molar-refractivity contribution in [3.63, 3.8) is 0 Å². The van der Waals surface area contributed by atoms with Gasteiger partial charge in [-0.1, -0.05) is 6.92 Å². The van der Waals surface area contributed by atoms with Crippen molar-refractivity contribution in [2.24, 2.45) is 0 Å². The van der Waals surface area contributed by atoms with Crippen LogP contribution in [0.2, 0.25) is 0 Å². The molecule has 1 N–H and O–H groups in total. The molecule has 0 aromatic heterocycles. The van der Waals surface area contributed by atoms with E-state index >= 15 is 0 Å². The van der Waals surface area contributed by atoms with Crippen molar-refractivity contribution in [3.05, 3.63) is 29.3 Å². The monoisotopic (exact) mass is 245 g/mol. The summed E-state index contributed by atoms with van der Waals surface area (Å²) in [5.41, 5.74) is 2.54. The van der Waals surface area contributed by atoms with Gasteiger partial charge < -0.3 is 10.2 Å². The van der Waals surface area contributed by atoms with Crippen molar-refractivity contribution in [3.8, 4) is 6.07 Å². The van der Waals surface area contributed by atoms with E-state index in [2.05, 4.69) is 11.4 Å². The minimum atomic E-state index is 0.0152. The molecule has 96 valence electrons. The number of hydrogen-bond acceptors (Lipinski definition) is 3. The Bertz CT molecular complexity index is 463. The highest BCUT2D eigenvalue weighted by Gasteiger charge is 2.08. The molecule has 1 rings (SSSR count). The Hall–Kier alpha value is -2.02. The van der Waals surface area contributed by atoms with E-state index in [1.807, 2.05) is 37.9 Å². The van der Waals surface area contributed by atoms with Gasteiger partial charge in [0.05, 0.1) is 18.2 Å².